The van der Waals surface area contributed by atoms with E-state index in [0.29, 0.717) is 11.5 Å². The number of para-hydroxylation sites is 1. The first-order valence-electron chi connectivity index (χ1n) is 8.35. The summed E-state index contributed by atoms with van der Waals surface area (Å²) in [6, 6.07) is 11.2. The molecule has 114 valence electrons. The van der Waals surface area contributed by atoms with Crippen LogP contribution in [0, 0.1) is 5.41 Å². The molecule has 1 aromatic rings. The lowest BCUT2D eigenvalue weighted by atomic mass is 9.83. The Morgan fingerprint density at radius 2 is 1.50 bits per heavy atom. The fraction of sp³-hybridized carbons (Fsp3) is 0.684. The molecule has 0 aliphatic carbocycles. The van der Waals surface area contributed by atoms with Crippen molar-refractivity contribution in [3.63, 3.8) is 0 Å². The van der Waals surface area contributed by atoms with Gasteiger partial charge in [0.1, 0.15) is 0 Å². The minimum Gasteiger partial charge on any atom is -0.382 e. The zero-order valence-corrected chi connectivity index (χ0v) is 13.9. The first kappa shape index (κ1) is 17.1. The highest BCUT2D eigenvalue weighted by Gasteiger charge is 2.23. The third-order valence-corrected chi connectivity index (χ3v) is 4.01. The molecule has 0 fully saturated rings. The molecule has 0 bridgehead atoms. The molecule has 1 unspecified atom stereocenters. The average Bonchev–Trinajstić information content (AvgIpc) is 2.41. The van der Waals surface area contributed by atoms with Crippen LogP contribution in [0.2, 0.25) is 0 Å². The molecule has 1 aromatic carbocycles. The Bertz CT molecular complexity index is 337. The van der Waals surface area contributed by atoms with Crippen molar-refractivity contribution in [2.75, 3.05) is 5.32 Å². The van der Waals surface area contributed by atoms with Gasteiger partial charge < -0.3 is 5.32 Å². The van der Waals surface area contributed by atoms with Gasteiger partial charge in [-0.1, -0.05) is 84.4 Å². The Labute approximate surface area is 126 Å². The van der Waals surface area contributed by atoms with Gasteiger partial charge in [-0.3, -0.25) is 0 Å². The molecule has 0 aliphatic rings. The van der Waals surface area contributed by atoms with E-state index in [9.17, 15) is 0 Å². The molecule has 1 nitrogen and oxygen atoms in total. The summed E-state index contributed by atoms with van der Waals surface area (Å²) in [5, 5.41) is 3.72. The monoisotopic (exact) mass is 275 g/mol. The second-order valence-corrected chi connectivity index (χ2v) is 6.99. The molecule has 0 amide bonds. The Morgan fingerprint density at radius 1 is 0.900 bits per heavy atom. The maximum absolute atomic E-state index is 3.72. The van der Waals surface area contributed by atoms with Crippen LogP contribution in [0.3, 0.4) is 0 Å². The standard InChI is InChI=1S/C19H33N/c1-5-6-7-8-9-13-16-18(19(2,3)4)20-17-14-11-10-12-15-17/h10-12,14-15,18,20H,5-9,13,16H2,1-4H3. The van der Waals surface area contributed by atoms with Crippen LogP contribution in [0.15, 0.2) is 30.3 Å². The largest absolute Gasteiger partial charge is 0.382 e. The zero-order valence-electron chi connectivity index (χ0n) is 13.9. The number of unbranched alkanes of at least 4 members (excludes halogenated alkanes) is 5. The summed E-state index contributed by atoms with van der Waals surface area (Å²) in [6.45, 7) is 9.29. The van der Waals surface area contributed by atoms with Crippen molar-refractivity contribution in [1.29, 1.82) is 0 Å². The van der Waals surface area contributed by atoms with Crippen molar-refractivity contribution >= 4 is 5.69 Å². The molecule has 1 heteroatoms. The summed E-state index contributed by atoms with van der Waals surface area (Å²) in [7, 11) is 0. The van der Waals surface area contributed by atoms with Crippen LogP contribution in [0.4, 0.5) is 5.69 Å². The van der Waals surface area contributed by atoms with Crippen molar-refractivity contribution in [2.24, 2.45) is 5.41 Å². The van der Waals surface area contributed by atoms with Crippen LogP contribution in [-0.2, 0) is 0 Å². The smallest absolute Gasteiger partial charge is 0.0342 e. The van der Waals surface area contributed by atoms with E-state index < -0.39 is 0 Å². The third-order valence-electron chi connectivity index (χ3n) is 4.01. The van der Waals surface area contributed by atoms with Crippen LogP contribution < -0.4 is 5.32 Å². The highest BCUT2D eigenvalue weighted by molar-refractivity contribution is 5.43. The highest BCUT2D eigenvalue weighted by Crippen LogP contribution is 2.27. The van der Waals surface area contributed by atoms with E-state index in [4.69, 9.17) is 0 Å². The summed E-state index contributed by atoms with van der Waals surface area (Å²) in [5.41, 5.74) is 1.55. The van der Waals surface area contributed by atoms with Crippen molar-refractivity contribution in [3.05, 3.63) is 30.3 Å². The van der Waals surface area contributed by atoms with Crippen LogP contribution in [0.5, 0.6) is 0 Å². The van der Waals surface area contributed by atoms with Crippen LogP contribution in [0.1, 0.15) is 72.6 Å². The van der Waals surface area contributed by atoms with Crippen molar-refractivity contribution in [1.82, 2.24) is 0 Å². The molecule has 0 saturated carbocycles. The Kier molecular flexibility index (Phi) is 7.72. The quantitative estimate of drug-likeness (QED) is 0.524. The number of hydrogen-bond acceptors (Lipinski definition) is 1. The first-order chi connectivity index (χ1) is 9.54. The van der Waals surface area contributed by atoms with Gasteiger partial charge in [-0.25, -0.2) is 0 Å². The molecular weight excluding hydrogens is 242 g/mol. The minimum absolute atomic E-state index is 0.305. The van der Waals surface area contributed by atoms with Crippen LogP contribution in [-0.4, -0.2) is 6.04 Å². The van der Waals surface area contributed by atoms with Gasteiger partial charge in [0, 0.05) is 11.7 Å². The molecule has 1 rings (SSSR count). The van der Waals surface area contributed by atoms with Gasteiger partial charge >= 0.3 is 0 Å². The van der Waals surface area contributed by atoms with Gasteiger partial charge in [-0.2, -0.15) is 0 Å². The minimum atomic E-state index is 0.305. The van der Waals surface area contributed by atoms with E-state index in [1.165, 1.54) is 50.6 Å². The lowest BCUT2D eigenvalue weighted by molar-refractivity contribution is 0.318. The fourth-order valence-electron chi connectivity index (χ4n) is 2.59. The Hall–Kier alpha value is -0.980. The molecular formula is C19H33N. The van der Waals surface area contributed by atoms with Gasteiger partial charge in [0.2, 0.25) is 0 Å². The molecule has 0 radical (unpaired) electrons. The van der Waals surface area contributed by atoms with E-state index in [-0.39, 0.29) is 0 Å². The average molecular weight is 275 g/mol. The SMILES string of the molecule is CCCCCCCCC(Nc1ccccc1)C(C)(C)C. The molecule has 0 spiro atoms. The topological polar surface area (TPSA) is 12.0 Å². The van der Waals surface area contributed by atoms with E-state index >= 15 is 0 Å². The second-order valence-electron chi connectivity index (χ2n) is 6.99. The van der Waals surface area contributed by atoms with Crippen LogP contribution >= 0.6 is 0 Å². The predicted molar refractivity (Wildman–Crippen MR) is 91.3 cm³/mol. The first-order valence-corrected chi connectivity index (χ1v) is 8.35. The Balaban J connectivity index is 2.38. The van der Waals surface area contributed by atoms with Gasteiger partial charge in [0.15, 0.2) is 0 Å². The molecule has 1 atom stereocenters. The number of hydrogen-bond donors (Lipinski definition) is 1. The maximum Gasteiger partial charge on any atom is 0.0342 e. The lowest BCUT2D eigenvalue weighted by Crippen LogP contribution is -2.33. The van der Waals surface area contributed by atoms with Gasteiger partial charge in [-0.05, 0) is 24.0 Å². The van der Waals surface area contributed by atoms with E-state index in [1.54, 1.807) is 0 Å². The second kappa shape index (κ2) is 9.05. The van der Waals surface area contributed by atoms with E-state index in [2.05, 4.69) is 63.3 Å². The summed E-state index contributed by atoms with van der Waals surface area (Å²) in [6.07, 6.45) is 9.52. The highest BCUT2D eigenvalue weighted by atomic mass is 14.9. The number of anilines is 1. The fourth-order valence-corrected chi connectivity index (χ4v) is 2.59. The van der Waals surface area contributed by atoms with Crippen LogP contribution in [0.25, 0.3) is 0 Å². The molecule has 0 aliphatic heterocycles. The third kappa shape index (κ3) is 6.98. The summed E-state index contributed by atoms with van der Waals surface area (Å²) < 4.78 is 0. The van der Waals surface area contributed by atoms with E-state index in [1.807, 2.05) is 0 Å². The summed E-state index contributed by atoms with van der Waals surface area (Å²) in [4.78, 5) is 0. The molecule has 0 heterocycles. The molecule has 0 aromatic heterocycles. The predicted octanol–water partition coefficient (Wildman–Crippen LogP) is 6.26. The van der Waals surface area contributed by atoms with E-state index in [0.717, 1.165) is 0 Å². The number of rotatable bonds is 9. The van der Waals surface area contributed by atoms with Gasteiger partial charge in [0.05, 0.1) is 0 Å². The molecule has 1 N–H and O–H groups in total. The zero-order chi connectivity index (χ0) is 14.8. The molecule has 0 saturated heterocycles. The van der Waals surface area contributed by atoms with Crippen molar-refractivity contribution < 1.29 is 0 Å². The number of benzene rings is 1. The van der Waals surface area contributed by atoms with Crippen molar-refractivity contribution in [3.8, 4) is 0 Å². The number of nitrogens with one attached hydrogen (secondary N) is 1. The summed E-state index contributed by atoms with van der Waals surface area (Å²) >= 11 is 0. The molecule has 20 heavy (non-hydrogen) atoms. The summed E-state index contributed by atoms with van der Waals surface area (Å²) in [5.74, 6) is 0. The Morgan fingerprint density at radius 3 is 2.10 bits per heavy atom. The lowest BCUT2D eigenvalue weighted by Gasteiger charge is -2.32. The van der Waals surface area contributed by atoms with Crippen molar-refractivity contribution in [2.45, 2.75) is 78.7 Å². The van der Waals surface area contributed by atoms with Gasteiger partial charge in [-0.15, -0.1) is 0 Å². The normalized spacial score (nSPS) is 13.2. The van der Waals surface area contributed by atoms with Gasteiger partial charge in [0.25, 0.3) is 0 Å². The maximum atomic E-state index is 3.72.